The van der Waals surface area contributed by atoms with Crippen LogP contribution >= 0.6 is 0 Å². The second kappa shape index (κ2) is 5.72. The summed E-state index contributed by atoms with van der Waals surface area (Å²) in [5.41, 5.74) is -0.431. The topological polar surface area (TPSA) is 79.3 Å². The molecule has 0 aliphatic carbocycles. The predicted octanol–water partition coefficient (Wildman–Crippen LogP) is 0.158. The van der Waals surface area contributed by atoms with Crippen molar-refractivity contribution in [1.29, 1.82) is 0 Å². The molecule has 22 heavy (non-hydrogen) atoms. The van der Waals surface area contributed by atoms with Gasteiger partial charge in [0.2, 0.25) is 5.91 Å². The molecule has 1 aromatic rings. The summed E-state index contributed by atoms with van der Waals surface area (Å²) in [6.07, 6.45) is 4.05. The van der Waals surface area contributed by atoms with E-state index in [1.54, 1.807) is 24.8 Å². The van der Waals surface area contributed by atoms with Crippen LogP contribution in [0.5, 0.6) is 0 Å². The first-order valence-electron chi connectivity index (χ1n) is 7.86. The van der Waals surface area contributed by atoms with Crippen molar-refractivity contribution in [2.75, 3.05) is 26.2 Å². The maximum atomic E-state index is 12.7. The minimum Gasteiger partial charge on any atom is -0.352 e. The summed E-state index contributed by atoms with van der Waals surface area (Å²) in [5.74, 6) is -0.301. The Morgan fingerprint density at radius 1 is 1.41 bits per heavy atom. The maximum Gasteiger partial charge on any atom is 0.275 e. The van der Waals surface area contributed by atoms with Gasteiger partial charge in [0.15, 0.2) is 0 Å². The summed E-state index contributed by atoms with van der Waals surface area (Å²) >= 11 is 0. The maximum absolute atomic E-state index is 12.7. The predicted molar refractivity (Wildman–Crippen MR) is 81.5 cm³/mol. The number of carbonyl (C=O) groups excluding carboxylic acids is 2. The molecule has 2 N–H and O–H groups in total. The summed E-state index contributed by atoms with van der Waals surface area (Å²) in [6, 6.07) is 2.05. The number of piperidine rings is 1. The van der Waals surface area contributed by atoms with E-state index in [0.717, 1.165) is 25.9 Å². The van der Waals surface area contributed by atoms with E-state index in [1.165, 1.54) is 0 Å². The fourth-order valence-electron chi connectivity index (χ4n) is 3.11. The summed E-state index contributed by atoms with van der Waals surface area (Å²) in [7, 11) is 0. The first kappa shape index (κ1) is 15.0. The smallest absolute Gasteiger partial charge is 0.275 e. The van der Waals surface area contributed by atoms with E-state index >= 15 is 0 Å². The van der Waals surface area contributed by atoms with Crippen LogP contribution in [0.3, 0.4) is 0 Å². The normalized spacial score (nSPS) is 24.9. The Kier molecular flexibility index (Phi) is 3.90. The average molecular weight is 305 g/mol. The fraction of sp³-hybridized carbons (Fsp3) is 0.667. The minimum atomic E-state index is -0.842. The molecule has 2 saturated heterocycles. The summed E-state index contributed by atoms with van der Waals surface area (Å²) in [5, 5.41) is 10.6. The molecule has 7 nitrogen and oxygen atoms in total. The summed E-state index contributed by atoms with van der Waals surface area (Å²) in [6.45, 7) is 6.45. The Morgan fingerprint density at radius 3 is 2.95 bits per heavy atom. The fourth-order valence-corrected chi connectivity index (χ4v) is 3.11. The van der Waals surface area contributed by atoms with Crippen LogP contribution in [0, 0.1) is 0 Å². The van der Waals surface area contributed by atoms with E-state index in [-0.39, 0.29) is 11.8 Å². The molecule has 2 aliphatic heterocycles. The molecule has 7 heteroatoms. The van der Waals surface area contributed by atoms with Crippen LogP contribution in [0.15, 0.2) is 12.3 Å². The van der Waals surface area contributed by atoms with Crippen molar-refractivity contribution in [3.8, 4) is 0 Å². The van der Waals surface area contributed by atoms with Gasteiger partial charge in [-0.2, -0.15) is 5.10 Å². The zero-order valence-electron chi connectivity index (χ0n) is 13.1. The number of nitrogens with one attached hydrogen (secondary N) is 2. The van der Waals surface area contributed by atoms with Crippen molar-refractivity contribution in [2.45, 2.75) is 38.3 Å². The third-order valence-corrected chi connectivity index (χ3v) is 4.57. The van der Waals surface area contributed by atoms with E-state index in [2.05, 4.69) is 15.7 Å². The van der Waals surface area contributed by atoms with Gasteiger partial charge in [-0.05, 0) is 39.3 Å². The average Bonchev–Trinajstić information content (AvgIpc) is 3.00. The SMILES string of the molecule is CC1(C)C(=O)NCCN1C(=O)c1ccn(C2CCCNC2)n1. The molecule has 120 valence electrons. The molecule has 2 fully saturated rings. The van der Waals surface area contributed by atoms with Gasteiger partial charge >= 0.3 is 0 Å². The highest BCUT2D eigenvalue weighted by molar-refractivity contribution is 5.98. The van der Waals surface area contributed by atoms with Gasteiger partial charge in [-0.15, -0.1) is 0 Å². The van der Waals surface area contributed by atoms with Crippen LogP contribution in [0.1, 0.15) is 43.2 Å². The molecule has 0 aromatic carbocycles. The molecule has 0 radical (unpaired) electrons. The van der Waals surface area contributed by atoms with Gasteiger partial charge in [0, 0.05) is 25.8 Å². The molecule has 3 rings (SSSR count). The molecular formula is C15H23N5O2. The molecule has 1 atom stereocenters. The number of piperazine rings is 1. The Hall–Kier alpha value is -1.89. The van der Waals surface area contributed by atoms with E-state index in [1.807, 2.05) is 10.9 Å². The molecule has 1 aromatic heterocycles. The van der Waals surface area contributed by atoms with Crippen molar-refractivity contribution in [3.05, 3.63) is 18.0 Å². The number of hydrogen-bond donors (Lipinski definition) is 2. The quantitative estimate of drug-likeness (QED) is 0.816. The van der Waals surface area contributed by atoms with Crippen LogP contribution in [0.25, 0.3) is 0 Å². The van der Waals surface area contributed by atoms with Crippen molar-refractivity contribution in [1.82, 2.24) is 25.3 Å². The highest BCUT2D eigenvalue weighted by atomic mass is 16.2. The Bertz CT molecular complexity index is 574. The number of nitrogens with zero attached hydrogens (tertiary/aromatic N) is 3. The van der Waals surface area contributed by atoms with Crippen molar-refractivity contribution >= 4 is 11.8 Å². The molecular weight excluding hydrogens is 282 g/mol. The molecule has 3 heterocycles. The van der Waals surface area contributed by atoms with E-state index in [0.29, 0.717) is 24.8 Å². The first-order valence-corrected chi connectivity index (χ1v) is 7.86. The largest absolute Gasteiger partial charge is 0.352 e. The van der Waals surface area contributed by atoms with Crippen molar-refractivity contribution in [3.63, 3.8) is 0 Å². The van der Waals surface area contributed by atoms with Gasteiger partial charge in [0.05, 0.1) is 6.04 Å². The molecule has 1 unspecified atom stereocenters. The number of aromatic nitrogens is 2. The second-order valence-electron chi connectivity index (χ2n) is 6.45. The molecule has 0 bridgehead atoms. The number of hydrogen-bond acceptors (Lipinski definition) is 4. The summed E-state index contributed by atoms with van der Waals surface area (Å²) < 4.78 is 1.87. The van der Waals surface area contributed by atoms with Crippen LogP contribution in [-0.2, 0) is 4.79 Å². The Balaban J connectivity index is 1.77. The lowest BCUT2D eigenvalue weighted by molar-refractivity contribution is -0.133. The third kappa shape index (κ3) is 2.61. The van der Waals surface area contributed by atoms with Crippen LogP contribution < -0.4 is 10.6 Å². The number of rotatable bonds is 2. The van der Waals surface area contributed by atoms with Crippen molar-refractivity contribution in [2.24, 2.45) is 0 Å². The number of amides is 2. The van der Waals surface area contributed by atoms with Crippen LogP contribution in [0.2, 0.25) is 0 Å². The minimum absolute atomic E-state index is 0.122. The zero-order valence-corrected chi connectivity index (χ0v) is 13.1. The standard InChI is InChI=1S/C15H23N5O2/c1-15(2)14(22)17-7-9-19(15)13(21)12-5-8-20(18-12)11-4-3-6-16-10-11/h5,8,11,16H,3-4,6-7,9-10H2,1-2H3,(H,17,22). The summed E-state index contributed by atoms with van der Waals surface area (Å²) in [4.78, 5) is 26.3. The second-order valence-corrected chi connectivity index (χ2v) is 6.45. The van der Waals surface area contributed by atoms with Gasteiger partial charge in [0.1, 0.15) is 11.2 Å². The van der Waals surface area contributed by atoms with Gasteiger partial charge in [-0.3, -0.25) is 14.3 Å². The zero-order chi connectivity index (χ0) is 15.7. The van der Waals surface area contributed by atoms with E-state index in [9.17, 15) is 9.59 Å². The Morgan fingerprint density at radius 2 is 2.23 bits per heavy atom. The molecule has 2 amide bonds. The van der Waals surface area contributed by atoms with Gasteiger partial charge in [-0.1, -0.05) is 0 Å². The highest BCUT2D eigenvalue weighted by Crippen LogP contribution is 2.21. The van der Waals surface area contributed by atoms with Gasteiger partial charge in [0.25, 0.3) is 5.91 Å². The molecule has 0 saturated carbocycles. The number of carbonyl (C=O) groups is 2. The van der Waals surface area contributed by atoms with Crippen molar-refractivity contribution < 1.29 is 9.59 Å². The van der Waals surface area contributed by atoms with Gasteiger partial charge < -0.3 is 15.5 Å². The molecule has 0 spiro atoms. The van der Waals surface area contributed by atoms with Crippen LogP contribution in [-0.4, -0.2) is 58.2 Å². The lowest BCUT2D eigenvalue weighted by atomic mass is 9.98. The van der Waals surface area contributed by atoms with E-state index < -0.39 is 5.54 Å². The first-order chi connectivity index (χ1) is 10.5. The lowest BCUT2D eigenvalue weighted by Gasteiger charge is -2.40. The van der Waals surface area contributed by atoms with Gasteiger partial charge in [-0.25, -0.2) is 0 Å². The molecule has 2 aliphatic rings. The Labute approximate surface area is 130 Å². The van der Waals surface area contributed by atoms with Crippen LogP contribution in [0.4, 0.5) is 0 Å². The lowest BCUT2D eigenvalue weighted by Crippen LogP contribution is -2.63. The monoisotopic (exact) mass is 305 g/mol. The van der Waals surface area contributed by atoms with E-state index in [4.69, 9.17) is 0 Å². The third-order valence-electron chi connectivity index (χ3n) is 4.57. The highest BCUT2D eigenvalue weighted by Gasteiger charge is 2.41.